The number of fused-ring (bicyclic) bond motifs is 11. The fourth-order valence-corrected chi connectivity index (χ4v) is 9.29. The maximum Gasteiger partial charge on any atom is 0.160 e. The molecule has 0 aliphatic rings. The number of rotatable bonds is 4. The average Bonchev–Trinajstić information content (AvgIpc) is 3.78. The summed E-state index contributed by atoms with van der Waals surface area (Å²) in [5.74, 6) is 0.715. The van der Waals surface area contributed by atoms with Crippen molar-refractivity contribution in [3.05, 3.63) is 176 Å². The lowest BCUT2D eigenvalue weighted by atomic mass is 9.99. The molecular formula is C48H29N3S. The van der Waals surface area contributed by atoms with Crippen LogP contribution in [0.15, 0.2) is 176 Å². The minimum atomic E-state index is 0.715. The van der Waals surface area contributed by atoms with Gasteiger partial charge < -0.3 is 4.57 Å². The standard InChI is InChI=1S/C48H29N3S/c1-2-12-30(13-3-1)31-22-24-32(25-23-31)45-37-16-6-9-19-40(37)49-48(50-45)33-26-28-34(29-27-33)51-41-20-10-7-17-38(41)43-35-14-4-5-15-36(35)44-39-18-8-11-21-42(39)52-47(44)46(43)51/h1-29H. The molecule has 8 aromatic carbocycles. The first-order chi connectivity index (χ1) is 25.8. The predicted molar refractivity (Wildman–Crippen MR) is 221 cm³/mol. The van der Waals surface area contributed by atoms with Crippen molar-refractivity contribution >= 4 is 75.0 Å². The number of hydrogen-bond donors (Lipinski definition) is 0. The van der Waals surface area contributed by atoms with Gasteiger partial charge >= 0.3 is 0 Å². The van der Waals surface area contributed by atoms with E-state index >= 15 is 0 Å². The number of benzene rings is 8. The van der Waals surface area contributed by atoms with Crippen molar-refractivity contribution in [1.29, 1.82) is 0 Å². The maximum atomic E-state index is 5.22. The van der Waals surface area contributed by atoms with Gasteiger partial charge in [0.15, 0.2) is 5.82 Å². The summed E-state index contributed by atoms with van der Waals surface area (Å²) in [6.45, 7) is 0. The van der Waals surface area contributed by atoms with E-state index in [0.29, 0.717) is 5.82 Å². The van der Waals surface area contributed by atoms with E-state index in [9.17, 15) is 0 Å². The molecule has 3 aromatic heterocycles. The van der Waals surface area contributed by atoms with E-state index in [1.807, 2.05) is 23.5 Å². The van der Waals surface area contributed by atoms with Crippen LogP contribution in [0.3, 0.4) is 0 Å². The second-order valence-corrected chi connectivity index (χ2v) is 14.4. The molecule has 11 rings (SSSR count). The number of para-hydroxylation sites is 2. The van der Waals surface area contributed by atoms with Crippen molar-refractivity contribution in [3.8, 4) is 39.5 Å². The zero-order valence-electron chi connectivity index (χ0n) is 28.0. The summed E-state index contributed by atoms with van der Waals surface area (Å²) in [7, 11) is 0. The topological polar surface area (TPSA) is 30.7 Å². The monoisotopic (exact) mass is 679 g/mol. The van der Waals surface area contributed by atoms with Crippen molar-refractivity contribution in [3.63, 3.8) is 0 Å². The first-order valence-corrected chi connectivity index (χ1v) is 18.4. The molecule has 0 amide bonds. The summed E-state index contributed by atoms with van der Waals surface area (Å²) in [6, 6.07) is 62.8. The first-order valence-electron chi connectivity index (χ1n) is 17.6. The quantitative estimate of drug-likeness (QED) is 0.185. The number of aromatic nitrogens is 3. The second-order valence-electron chi connectivity index (χ2n) is 13.3. The highest BCUT2D eigenvalue weighted by Gasteiger charge is 2.21. The van der Waals surface area contributed by atoms with Crippen LogP contribution in [-0.4, -0.2) is 14.5 Å². The lowest BCUT2D eigenvalue weighted by molar-refractivity contribution is 1.18. The van der Waals surface area contributed by atoms with Crippen LogP contribution in [0.25, 0.3) is 103 Å². The molecule has 0 bridgehead atoms. The lowest BCUT2D eigenvalue weighted by Gasteiger charge is -2.12. The predicted octanol–water partition coefficient (Wildman–Crippen LogP) is 13.2. The fraction of sp³-hybridized carbons (Fsp3) is 0. The zero-order valence-corrected chi connectivity index (χ0v) is 28.8. The SMILES string of the molecule is c1ccc(-c2ccc(-c3nc(-c4ccc(-n5c6ccccc6c6c7ccccc7c7c8ccccc8sc7c65)cc4)nc4ccccc34)cc2)cc1. The van der Waals surface area contributed by atoms with Gasteiger partial charge in [0, 0.05) is 48.4 Å². The summed E-state index contributed by atoms with van der Waals surface area (Å²) in [6.07, 6.45) is 0. The number of hydrogen-bond acceptors (Lipinski definition) is 3. The van der Waals surface area contributed by atoms with E-state index in [1.165, 1.54) is 63.9 Å². The lowest BCUT2D eigenvalue weighted by Crippen LogP contribution is -1.97. The van der Waals surface area contributed by atoms with Crippen molar-refractivity contribution in [2.45, 2.75) is 0 Å². The van der Waals surface area contributed by atoms with Gasteiger partial charge in [0.25, 0.3) is 0 Å². The van der Waals surface area contributed by atoms with Crippen LogP contribution in [0, 0.1) is 0 Å². The van der Waals surface area contributed by atoms with E-state index in [-0.39, 0.29) is 0 Å². The van der Waals surface area contributed by atoms with Crippen LogP contribution >= 0.6 is 11.3 Å². The van der Waals surface area contributed by atoms with Gasteiger partial charge in [-0.15, -0.1) is 11.3 Å². The first kappa shape index (κ1) is 29.1. The van der Waals surface area contributed by atoms with Crippen molar-refractivity contribution in [2.24, 2.45) is 0 Å². The molecule has 0 spiro atoms. The Morgan fingerprint density at radius 1 is 0.404 bits per heavy atom. The van der Waals surface area contributed by atoms with Gasteiger partial charge in [0.2, 0.25) is 0 Å². The Kier molecular flexibility index (Phi) is 6.42. The third-order valence-electron chi connectivity index (χ3n) is 10.4. The molecule has 0 unspecified atom stereocenters. The maximum absolute atomic E-state index is 5.22. The summed E-state index contributed by atoms with van der Waals surface area (Å²) in [5.41, 5.74) is 9.87. The van der Waals surface area contributed by atoms with Crippen molar-refractivity contribution in [1.82, 2.24) is 14.5 Å². The summed E-state index contributed by atoms with van der Waals surface area (Å²) in [4.78, 5) is 10.3. The van der Waals surface area contributed by atoms with Gasteiger partial charge in [-0.25, -0.2) is 9.97 Å². The van der Waals surface area contributed by atoms with E-state index in [2.05, 4.69) is 168 Å². The summed E-state index contributed by atoms with van der Waals surface area (Å²) < 4.78 is 5.08. The Balaban J connectivity index is 1.10. The molecular weight excluding hydrogens is 651 g/mol. The van der Waals surface area contributed by atoms with Crippen LogP contribution in [0.4, 0.5) is 0 Å². The van der Waals surface area contributed by atoms with E-state index in [0.717, 1.165) is 33.4 Å². The van der Waals surface area contributed by atoms with Gasteiger partial charge in [-0.2, -0.15) is 0 Å². The minimum absolute atomic E-state index is 0.715. The highest BCUT2D eigenvalue weighted by molar-refractivity contribution is 7.27. The zero-order chi connectivity index (χ0) is 34.2. The van der Waals surface area contributed by atoms with Gasteiger partial charge in [0.1, 0.15) is 0 Å². The Morgan fingerprint density at radius 2 is 0.981 bits per heavy atom. The molecule has 0 N–H and O–H groups in total. The summed E-state index contributed by atoms with van der Waals surface area (Å²) in [5, 5.41) is 8.84. The Hall–Kier alpha value is -6.62. The molecule has 4 heteroatoms. The summed E-state index contributed by atoms with van der Waals surface area (Å²) >= 11 is 1.89. The third-order valence-corrected chi connectivity index (χ3v) is 11.6. The number of nitrogens with zero attached hydrogens (tertiary/aromatic N) is 3. The highest BCUT2D eigenvalue weighted by atomic mass is 32.1. The Bertz CT molecular complexity index is 3160. The number of thiophene rings is 1. The molecule has 3 heterocycles. The van der Waals surface area contributed by atoms with Crippen LogP contribution in [-0.2, 0) is 0 Å². The fourth-order valence-electron chi connectivity index (χ4n) is 8.03. The van der Waals surface area contributed by atoms with Crippen LogP contribution in [0.5, 0.6) is 0 Å². The molecule has 0 fully saturated rings. The molecule has 3 nitrogen and oxygen atoms in total. The molecule has 0 aliphatic carbocycles. The van der Waals surface area contributed by atoms with E-state index in [4.69, 9.17) is 9.97 Å². The molecule has 0 atom stereocenters. The third kappa shape index (κ3) is 4.38. The van der Waals surface area contributed by atoms with Crippen LogP contribution in [0.2, 0.25) is 0 Å². The Morgan fingerprint density at radius 3 is 1.77 bits per heavy atom. The molecule has 52 heavy (non-hydrogen) atoms. The average molecular weight is 680 g/mol. The largest absolute Gasteiger partial charge is 0.308 e. The van der Waals surface area contributed by atoms with Crippen LogP contribution < -0.4 is 0 Å². The Labute approximate surface area is 303 Å². The van der Waals surface area contributed by atoms with Crippen molar-refractivity contribution in [2.75, 3.05) is 0 Å². The van der Waals surface area contributed by atoms with Gasteiger partial charge in [-0.1, -0.05) is 133 Å². The molecule has 0 saturated heterocycles. The normalized spacial score (nSPS) is 11.8. The van der Waals surface area contributed by atoms with Gasteiger partial charge in [0.05, 0.1) is 26.9 Å². The molecule has 0 radical (unpaired) electrons. The van der Waals surface area contributed by atoms with E-state index in [1.54, 1.807) is 0 Å². The molecule has 0 saturated carbocycles. The van der Waals surface area contributed by atoms with Gasteiger partial charge in [-0.3, -0.25) is 0 Å². The van der Waals surface area contributed by atoms with Crippen molar-refractivity contribution < 1.29 is 0 Å². The smallest absolute Gasteiger partial charge is 0.160 e. The van der Waals surface area contributed by atoms with Crippen LogP contribution in [0.1, 0.15) is 0 Å². The van der Waals surface area contributed by atoms with Gasteiger partial charge in [-0.05, 0) is 64.4 Å². The van der Waals surface area contributed by atoms with E-state index < -0.39 is 0 Å². The molecule has 242 valence electrons. The minimum Gasteiger partial charge on any atom is -0.308 e. The highest BCUT2D eigenvalue weighted by Crippen LogP contribution is 2.47. The second kappa shape index (κ2) is 11.5. The molecule has 11 aromatic rings. The molecule has 0 aliphatic heterocycles.